The molecule has 0 aromatic heterocycles. The Morgan fingerprint density at radius 2 is 1.88 bits per heavy atom. The summed E-state index contributed by atoms with van der Waals surface area (Å²) in [6.07, 6.45) is 1.06. The first kappa shape index (κ1) is 10.9. The van der Waals surface area contributed by atoms with Crippen molar-refractivity contribution in [3.8, 4) is 11.1 Å². The van der Waals surface area contributed by atoms with Gasteiger partial charge in [-0.2, -0.15) is 0 Å². The maximum Gasteiger partial charge on any atom is 0.0598 e. The van der Waals surface area contributed by atoms with Crippen molar-refractivity contribution in [1.29, 1.82) is 0 Å². The number of anilines is 1. The van der Waals surface area contributed by atoms with E-state index < -0.39 is 0 Å². The van der Waals surface area contributed by atoms with Crippen LogP contribution in [0, 0.1) is 0 Å². The Bertz CT molecular complexity index is 578. The molecule has 1 heterocycles. The van der Waals surface area contributed by atoms with Gasteiger partial charge in [0.15, 0.2) is 0 Å². The van der Waals surface area contributed by atoms with Gasteiger partial charge in [0.05, 0.1) is 10.0 Å². The highest BCUT2D eigenvalue weighted by molar-refractivity contribution is 6.42. The van der Waals surface area contributed by atoms with Crippen LogP contribution in [0.25, 0.3) is 11.1 Å². The second-order valence-electron chi connectivity index (χ2n) is 4.14. The van der Waals surface area contributed by atoms with Crippen LogP contribution in [0.2, 0.25) is 10.0 Å². The summed E-state index contributed by atoms with van der Waals surface area (Å²) in [7, 11) is 0. The van der Waals surface area contributed by atoms with Crippen LogP contribution in [0.15, 0.2) is 36.4 Å². The Kier molecular flexibility index (Phi) is 2.73. The lowest BCUT2D eigenvalue weighted by Crippen LogP contribution is -1.90. The van der Waals surface area contributed by atoms with Gasteiger partial charge in [-0.3, -0.25) is 0 Å². The molecular weight excluding hydrogens is 253 g/mol. The predicted molar refractivity (Wildman–Crippen MR) is 74.1 cm³/mol. The molecule has 1 aliphatic heterocycles. The monoisotopic (exact) mass is 263 g/mol. The van der Waals surface area contributed by atoms with E-state index in [1.807, 2.05) is 18.2 Å². The first-order valence-corrected chi connectivity index (χ1v) is 6.32. The van der Waals surface area contributed by atoms with Gasteiger partial charge >= 0.3 is 0 Å². The van der Waals surface area contributed by atoms with Crippen molar-refractivity contribution in [3.05, 3.63) is 52.0 Å². The first-order valence-electron chi connectivity index (χ1n) is 5.57. The molecule has 0 aliphatic carbocycles. The predicted octanol–water partition coefficient (Wildman–Crippen LogP) is 4.63. The largest absolute Gasteiger partial charge is 0.384 e. The van der Waals surface area contributed by atoms with Gasteiger partial charge in [-0.1, -0.05) is 41.4 Å². The fourth-order valence-corrected chi connectivity index (χ4v) is 2.58. The summed E-state index contributed by atoms with van der Waals surface area (Å²) in [4.78, 5) is 0. The van der Waals surface area contributed by atoms with E-state index in [0.29, 0.717) is 10.0 Å². The molecule has 0 unspecified atom stereocenters. The van der Waals surface area contributed by atoms with E-state index in [0.717, 1.165) is 18.5 Å². The van der Waals surface area contributed by atoms with Crippen molar-refractivity contribution in [2.45, 2.75) is 6.42 Å². The zero-order chi connectivity index (χ0) is 11.8. The molecule has 0 saturated carbocycles. The van der Waals surface area contributed by atoms with Crippen molar-refractivity contribution in [2.75, 3.05) is 11.9 Å². The summed E-state index contributed by atoms with van der Waals surface area (Å²) in [5.41, 5.74) is 4.96. The van der Waals surface area contributed by atoms with Crippen molar-refractivity contribution < 1.29 is 0 Å². The minimum atomic E-state index is 0.598. The maximum atomic E-state index is 6.07. The van der Waals surface area contributed by atoms with Crippen molar-refractivity contribution in [2.24, 2.45) is 0 Å². The topological polar surface area (TPSA) is 12.0 Å². The second kappa shape index (κ2) is 4.25. The molecule has 0 radical (unpaired) electrons. The second-order valence-corrected chi connectivity index (χ2v) is 4.95. The molecular formula is C14H11Cl2N. The fraction of sp³-hybridized carbons (Fsp3) is 0.143. The van der Waals surface area contributed by atoms with Crippen LogP contribution in [-0.2, 0) is 6.42 Å². The summed E-state index contributed by atoms with van der Waals surface area (Å²) in [6, 6.07) is 12.1. The van der Waals surface area contributed by atoms with Gasteiger partial charge in [-0.05, 0) is 41.3 Å². The third-order valence-corrected chi connectivity index (χ3v) is 3.84. The molecule has 17 heavy (non-hydrogen) atoms. The number of hydrogen-bond acceptors (Lipinski definition) is 1. The zero-order valence-corrected chi connectivity index (χ0v) is 10.6. The van der Waals surface area contributed by atoms with Gasteiger partial charge in [-0.15, -0.1) is 0 Å². The highest BCUT2D eigenvalue weighted by Gasteiger charge is 2.15. The van der Waals surface area contributed by atoms with E-state index in [4.69, 9.17) is 23.2 Å². The van der Waals surface area contributed by atoms with Gasteiger partial charge in [0.25, 0.3) is 0 Å². The molecule has 1 aliphatic rings. The lowest BCUT2D eigenvalue weighted by molar-refractivity contribution is 1.11. The van der Waals surface area contributed by atoms with Gasteiger partial charge in [0, 0.05) is 12.2 Å². The van der Waals surface area contributed by atoms with Crippen LogP contribution < -0.4 is 5.32 Å². The summed E-state index contributed by atoms with van der Waals surface area (Å²) < 4.78 is 0. The lowest BCUT2D eigenvalue weighted by Gasteiger charge is -2.09. The van der Waals surface area contributed by atoms with Gasteiger partial charge in [-0.25, -0.2) is 0 Å². The highest BCUT2D eigenvalue weighted by atomic mass is 35.5. The number of hydrogen-bond donors (Lipinski definition) is 1. The van der Waals surface area contributed by atoms with E-state index in [1.165, 1.54) is 16.8 Å². The molecule has 1 nitrogen and oxygen atoms in total. The van der Waals surface area contributed by atoms with Gasteiger partial charge < -0.3 is 5.32 Å². The first-order chi connectivity index (χ1) is 8.25. The Hall–Kier alpha value is -1.18. The minimum absolute atomic E-state index is 0.598. The Balaban J connectivity index is 2.15. The summed E-state index contributed by atoms with van der Waals surface area (Å²) >= 11 is 12.0. The number of fused-ring (bicyclic) bond motifs is 1. The average Bonchev–Trinajstić information content (AvgIpc) is 2.80. The van der Waals surface area contributed by atoms with Crippen LogP contribution in [0.5, 0.6) is 0 Å². The van der Waals surface area contributed by atoms with E-state index in [9.17, 15) is 0 Å². The van der Waals surface area contributed by atoms with Crippen LogP contribution in [0.1, 0.15) is 5.56 Å². The Morgan fingerprint density at radius 1 is 1.00 bits per heavy atom. The molecule has 86 valence electrons. The Morgan fingerprint density at radius 3 is 2.71 bits per heavy atom. The zero-order valence-electron chi connectivity index (χ0n) is 9.13. The Labute approximate surface area is 110 Å². The summed E-state index contributed by atoms with van der Waals surface area (Å²) in [5.74, 6) is 0. The molecule has 0 fully saturated rings. The van der Waals surface area contributed by atoms with E-state index in [2.05, 4.69) is 23.5 Å². The molecule has 2 aromatic rings. The maximum absolute atomic E-state index is 6.07. The summed E-state index contributed by atoms with van der Waals surface area (Å²) in [5, 5.41) is 4.58. The SMILES string of the molecule is Clc1ccc(-c2cccc3c2CCN3)cc1Cl. The molecule has 0 spiro atoms. The fourth-order valence-electron chi connectivity index (χ4n) is 2.28. The highest BCUT2D eigenvalue weighted by Crippen LogP contribution is 2.35. The van der Waals surface area contributed by atoms with Crippen molar-refractivity contribution >= 4 is 28.9 Å². The van der Waals surface area contributed by atoms with Gasteiger partial charge in [0.1, 0.15) is 0 Å². The molecule has 2 aromatic carbocycles. The number of nitrogens with one attached hydrogen (secondary N) is 1. The molecule has 3 heteroatoms. The standard InChI is InChI=1S/C14H11Cl2N/c15-12-5-4-9(8-13(12)16)10-2-1-3-14-11(10)6-7-17-14/h1-5,8,17H,6-7H2. The molecule has 1 N–H and O–H groups in total. The van der Waals surface area contributed by atoms with E-state index >= 15 is 0 Å². The van der Waals surface area contributed by atoms with E-state index in [-0.39, 0.29) is 0 Å². The van der Waals surface area contributed by atoms with Crippen LogP contribution in [-0.4, -0.2) is 6.54 Å². The average molecular weight is 264 g/mol. The third kappa shape index (κ3) is 1.90. The smallest absolute Gasteiger partial charge is 0.0598 e. The molecule has 0 saturated heterocycles. The van der Waals surface area contributed by atoms with Crippen LogP contribution in [0.4, 0.5) is 5.69 Å². The normalized spacial score (nSPS) is 13.3. The summed E-state index contributed by atoms with van der Waals surface area (Å²) in [6.45, 7) is 1.01. The van der Waals surface area contributed by atoms with Crippen LogP contribution in [0.3, 0.4) is 0 Å². The molecule has 0 atom stereocenters. The number of benzene rings is 2. The van der Waals surface area contributed by atoms with Crippen LogP contribution >= 0.6 is 23.2 Å². The molecule has 0 bridgehead atoms. The van der Waals surface area contributed by atoms with E-state index in [1.54, 1.807) is 0 Å². The van der Waals surface area contributed by atoms with Crippen molar-refractivity contribution in [3.63, 3.8) is 0 Å². The van der Waals surface area contributed by atoms with Crippen molar-refractivity contribution in [1.82, 2.24) is 0 Å². The van der Waals surface area contributed by atoms with Gasteiger partial charge in [0.2, 0.25) is 0 Å². The minimum Gasteiger partial charge on any atom is -0.384 e. The third-order valence-electron chi connectivity index (χ3n) is 3.10. The molecule has 3 rings (SSSR count). The number of halogens is 2. The molecule has 0 amide bonds. The quantitative estimate of drug-likeness (QED) is 0.791. The lowest BCUT2D eigenvalue weighted by atomic mass is 9.98. The number of rotatable bonds is 1.